The zero-order valence-corrected chi connectivity index (χ0v) is 15.4. The van der Waals surface area contributed by atoms with Crippen LogP contribution in [0.15, 0.2) is 54.6 Å². The molecule has 132 valence electrons. The van der Waals surface area contributed by atoms with E-state index in [2.05, 4.69) is 44.2 Å². The van der Waals surface area contributed by atoms with Crippen LogP contribution in [-0.2, 0) is 6.42 Å². The van der Waals surface area contributed by atoms with E-state index >= 15 is 0 Å². The average Bonchev–Trinajstić information content (AvgIpc) is 2.86. The molecule has 3 aromatic rings. The van der Waals surface area contributed by atoms with Crippen molar-refractivity contribution in [2.24, 2.45) is 0 Å². The van der Waals surface area contributed by atoms with Crippen LogP contribution in [0.5, 0.6) is 0 Å². The third-order valence-corrected chi connectivity index (χ3v) is 5.48. The number of nitrogens with zero attached hydrogens (tertiary/aromatic N) is 2. The maximum absolute atomic E-state index is 13.3. The maximum atomic E-state index is 13.3. The Bertz CT molecular complexity index is 949. The van der Waals surface area contributed by atoms with Crippen molar-refractivity contribution in [3.63, 3.8) is 0 Å². The second kappa shape index (κ2) is 6.91. The Morgan fingerprint density at radius 1 is 1.00 bits per heavy atom. The zero-order chi connectivity index (χ0) is 18.1. The minimum atomic E-state index is 0.0785. The van der Waals surface area contributed by atoms with Gasteiger partial charge in [-0.2, -0.15) is 0 Å². The van der Waals surface area contributed by atoms with Gasteiger partial charge in [-0.15, -0.1) is 0 Å². The third kappa shape index (κ3) is 2.78. The molecule has 0 saturated heterocycles. The number of carbonyl (C=O) groups excluding carboxylic acids is 1. The van der Waals surface area contributed by atoms with Crippen LogP contribution in [0, 0.1) is 0 Å². The van der Waals surface area contributed by atoms with Crippen LogP contribution in [0.2, 0.25) is 0 Å². The van der Waals surface area contributed by atoms with Crippen LogP contribution in [0.25, 0.3) is 22.0 Å². The summed E-state index contributed by atoms with van der Waals surface area (Å²) in [4.78, 5) is 20.3. The van der Waals surface area contributed by atoms with Gasteiger partial charge in [-0.1, -0.05) is 61.5 Å². The van der Waals surface area contributed by atoms with Gasteiger partial charge in [0.05, 0.1) is 5.69 Å². The number of hydrogen-bond acceptors (Lipinski definition) is 2. The van der Waals surface area contributed by atoms with Gasteiger partial charge in [0.15, 0.2) is 0 Å². The van der Waals surface area contributed by atoms with E-state index in [1.807, 2.05) is 29.2 Å². The van der Waals surface area contributed by atoms with Crippen LogP contribution >= 0.6 is 0 Å². The number of aryl methyl sites for hydroxylation is 1. The molecule has 0 saturated carbocycles. The predicted molar refractivity (Wildman–Crippen MR) is 106 cm³/mol. The molecule has 1 aliphatic rings. The van der Waals surface area contributed by atoms with Crippen molar-refractivity contribution < 1.29 is 4.79 Å². The first-order valence-corrected chi connectivity index (χ1v) is 9.48. The minimum absolute atomic E-state index is 0.0785. The molecule has 2 aromatic carbocycles. The van der Waals surface area contributed by atoms with Crippen molar-refractivity contribution in [3.05, 3.63) is 65.9 Å². The summed E-state index contributed by atoms with van der Waals surface area (Å²) < 4.78 is 0. The van der Waals surface area contributed by atoms with Crippen molar-refractivity contribution >= 4 is 16.7 Å². The van der Waals surface area contributed by atoms with Crippen LogP contribution in [-0.4, -0.2) is 28.4 Å². The Hall–Kier alpha value is -2.68. The zero-order valence-electron chi connectivity index (χ0n) is 15.4. The summed E-state index contributed by atoms with van der Waals surface area (Å²) >= 11 is 0. The Kier molecular flexibility index (Phi) is 4.46. The SMILES string of the molecule is CC[C@H](C)N1CCCc2c(nc(-c3ccccc3)c3ccccc23)C1=O. The molecule has 1 atom stereocenters. The Labute approximate surface area is 154 Å². The van der Waals surface area contributed by atoms with Gasteiger partial charge in [-0.3, -0.25) is 4.79 Å². The fraction of sp³-hybridized carbons (Fsp3) is 0.304. The van der Waals surface area contributed by atoms with Crippen molar-refractivity contribution in [2.45, 2.75) is 39.2 Å². The monoisotopic (exact) mass is 344 g/mol. The summed E-state index contributed by atoms with van der Waals surface area (Å²) in [6, 6.07) is 18.8. The average molecular weight is 344 g/mol. The van der Waals surface area contributed by atoms with Crippen molar-refractivity contribution in [3.8, 4) is 11.3 Å². The molecule has 3 heteroatoms. The number of carbonyl (C=O) groups is 1. The van der Waals surface area contributed by atoms with Crippen molar-refractivity contribution in [1.82, 2.24) is 9.88 Å². The molecular formula is C23H24N2O. The molecule has 0 aliphatic carbocycles. The number of amides is 1. The van der Waals surface area contributed by atoms with E-state index < -0.39 is 0 Å². The molecule has 0 fully saturated rings. The highest BCUT2D eigenvalue weighted by atomic mass is 16.2. The second-order valence-corrected chi connectivity index (χ2v) is 7.06. The van der Waals surface area contributed by atoms with Gasteiger partial charge in [-0.25, -0.2) is 4.98 Å². The summed E-state index contributed by atoms with van der Waals surface area (Å²) in [7, 11) is 0. The molecule has 1 aliphatic heterocycles. The van der Waals surface area contributed by atoms with E-state index in [0.29, 0.717) is 5.69 Å². The van der Waals surface area contributed by atoms with E-state index in [1.54, 1.807) is 0 Å². The summed E-state index contributed by atoms with van der Waals surface area (Å²) in [5.74, 6) is 0.0785. The first kappa shape index (κ1) is 16.8. The van der Waals surface area contributed by atoms with Crippen molar-refractivity contribution in [2.75, 3.05) is 6.54 Å². The molecule has 2 heterocycles. The van der Waals surface area contributed by atoms with Gasteiger partial charge < -0.3 is 4.90 Å². The topological polar surface area (TPSA) is 33.2 Å². The summed E-state index contributed by atoms with van der Waals surface area (Å²) in [5.41, 5.74) is 3.70. The molecule has 26 heavy (non-hydrogen) atoms. The molecule has 0 spiro atoms. The molecule has 0 bridgehead atoms. The highest BCUT2D eigenvalue weighted by molar-refractivity contribution is 6.04. The van der Waals surface area contributed by atoms with E-state index in [0.717, 1.165) is 53.4 Å². The molecule has 0 radical (unpaired) electrons. The van der Waals surface area contributed by atoms with E-state index in [-0.39, 0.29) is 11.9 Å². The third-order valence-electron chi connectivity index (χ3n) is 5.48. The standard InChI is InChI=1S/C23H24N2O/c1-3-16(2)25-15-9-14-20-18-12-7-8-13-19(18)21(24-22(20)23(25)26)17-10-5-4-6-11-17/h4-8,10-13,16H,3,9,14-15H2,1-2H3/t16-/m0/s1. The lowest BCUT2D eigenvalue weighted by Gasteiger charge is -2.27. The number of fused-ring (bicyclic) bond motifs is 3. The smallest absolute Gasteiger partial charge is 0.273 e. The fourth-order valence-corrected chi connectivity index (χ4v) is 3.87. The number of pyridine rings is 1. The van der Waals surface area contributed by atoms with Gasteiger partial charge in [0.1, 0.15) is 5.69 Å². The van der Waals surface area contributed by atoms with Crippen LogP contribution in [0.4, 0.5) is 0 Å². The molecular weight excluding hydrogens is 320 g/mol. The molecule has 1 aromatic heterocycles. The summed E-state index contributed by atoms with van der Waals surface area (Å²) in [6.07, 6.45) is 2.84. The highest BCUT2D eigenvalue weighted by Crippen LogP contribution is 2.33. The number of hydrogen-bond donors (Lipinski definition) is 0. The van der Waals surface area contributed by atoms with E-state index in [9.17, 15) is 4.79 Å². The summed E-state index contributed by atoms with van der Waals surface area (Å²) in [5, 5.41) is 2.29. The number of rotatable bonds is 3. The Morgan fingerprint density at radius 2 is 1.69 bits per heavy atom. The lowest BCUT2D eigenvalue weighted by molar-refractivity contribution is 0.0689. The molecule has 4 rings (SSSR count). The Morgan fingerprint density at radius 3 is 2.42 bits per heavy atom. The normalized spacial score (nSPS) is 15.6. The van der Waals surface area contributed by atoms with Crippen LogP contribution in [0.3, 0.4) is 0 Å². The lowest BCUT2D eigenvalue weighted by Crippen LogP contribution is -2.38. The predicted octanol–water partition coefficient (Wildman–Crippen LogP) is 5.09. The highest BCUT2D eigenvalue weighted by Gasteiger charge is 2.28. The number of aromatic nitrogens is 1. The van der Waals surface area contributed by atoms with Gasteiger partial charge in [0.25, 0.3) is 5.91 Å². The van der Waals surface area contributed by atoms with Crippen LogP contribution < -0.4 is 0 Å². The van der Waals surface area contributed by atoms with E-state index in [4.69, 9.17) is 4.98 Å². The largest absolute Gasteiger partial charge is 0.335 e. The van der Waals surface area contributed by atoms with Gasteiger partial charge in [0, 0.05) is 23.5 Å². The number of benzene rings is 2. The van der Waals surface area contributed by atoms with Crippen molar-refractivity contribution in [1.29, 1.82) is 0 Å². The molecule has 1 amide bonds. The van der Waals surface area contributed by atoms with E-state index in [1.165, 1.54) is 0 Å². The molecule has 3 nitrogen and oxygen atoms in total. The summed E-state index contributed by atoms with van der Waals surface area (Å²) in [6.45, 7) is 5.06. The van der Waals surface area contributed by atoms with Crippen LogP contribution in [0.1, 0.15) is 42.7 Å². The molecule has 0 unspecified atom stereocenters. The minimum Gasteiger partial charge on any atom is -0.335 e. The second-order valence-electron chi connectivity index (χ2n) is 7.06. The maximum Gasteiger partial charge on any atom is 0.273 e. The fourth-order valence-electron chi connectivity index (χ4n) is 3.87. The lowest BCUT2D eigenvalue weighted by atomic mass is 9.96. The van der Waals surface area contributed by atoms with Gasteiger partial charge in [-0.05, 0) is 37.1 Å². The Balaban J connectivity index is 1.97. The first-order valence-electron chi connectivity index (χ1n) is 9.48. The first-order chi connectivity index (χ1) is 12.7. The quantitative estimate of drug-likeness (QED) is 0.663. The van der Waals surface area contributed by atoms with Gasteiger partial charge >= 0.3 is 0 Å². The van der Waals surface area contributed by atoms with Gasteiger partial charge in [0.2, 0.25) is 0 Å². The molecule has 0 N–H and O–H groups in total.